The molecule has 0 aliphatic heterocycles. The van der Waals surface area contributed by atoms with Gasteiger partial charge in [-0.25, -0.2) is 0 Å². The highest BCUT2D eigenvalue weighted by Gasteiger charge is 2.01. The lowest BCUT2D eigenvalue weighted by molar-refractivity contribution is -0.137. The summed E-state index contributed by atoms with van der Waals surface area (Å²) in [5.74, 6) is 0.116. The molecule has 0 aromatic heterocycles. The number of ether oxygens (including phenoxy) is 1. The van der Waals surface area contributed by atoms with E-state index in [1.807, 2.05) is 0 Å². The summed E-state index contributed by atoms with van der Waals surface area (Å²) >= 11 is 0. The fourth-order valence-corrected chi connectivity index (χ4v) is 1.69. The second kappa shape index (κ2) is 7.24. The largest absolute Gasteiger partial charge is 0.481 e. The number of carboxylic acid groups (broad SMARTS) is 1. The van der Waals surface area contributed by atoms with Crippen LogP contribution in [0.5, 0.6) is 0 Å². The molecule has 0 heterocycles. The zero-order valence-corrected chi connectivity index (χ0v) is 7.93. The van der Waals surface area contributed by atoms with Crippen LogP contribution in [0.2, 0.25) is 0 Å². The Kier molecular flexibility index (Phi) is 6.99. The molecular formula is C7H14O4S. The molecule has 5 heteroatoms. The number of rotatable bonds is 7. The van der Waals surface area contributed by atoms with E-state index in [9.17, 15) is 9.00 Å². The van der Waals surface area contributed by atoms with Gasteiger partial charge in [0, 0.05) is 35.8 Å². The fraction of sp³-hybridized carbons (Fsp3) is 0.857. The van der Waals surface area contributed by atoms with Gasteiger partial charge in [0.15, 0.2) is 0 Å². The molecule has 0 amide bonds. The van der Waals surface area contributed by atoms with Crippen LogP contribution in [0.25, 0.3) is 0 Å². The Morgan fingerprint density at radius 1 is 1.50 bits per heavy atom. The highest BCUT2D eigenvalue weighted by atomic mass is 32.2. The second-order valence-corrected chi connectivity index (χ2v) is 4.03. The van der Waals surface area contributed by atoms with Crippen molar-refractivity contribution >= 4 is 16.8 Å². The summed E-state index contributed by atoms with van der Waals surface area (Å²) in [5.41, 5.74) is 0. The van der Waals surface area contributed by atoms with Crippen molar-refractivity contribution in [3.8, 4) is 0 Å². The van der Waals surface area contributed by atoms with Crippen LogP contribution < -0.4 is 0 Å². The van der Waals surface area contributed by atoms with Crippen molar-refractivity contribution in [2.45, 2.75) is 12.8 Å². The van der Waals surface area contributed by atoms with Crippen molar-refractivity contribution in [3.63, 3.8) is 0 Å². The molecule has 1 atom stereocenters. The quantitative estimate of drug-likeness (QED) is 0.631. The average Bonchev–Trinajstić information content (AvgIpc) is 2.00. The number of hydrogen-bond donors (Lipinski definition) is 1. The molecule has 0 bridgehead atoms. The second-order valence-electron chi connectivity index (χ2n) is 2.34. The van der Waals surface area contributed by atoms with Gasteiger partial charge in [0.25, 0.3) is 0 Å². The van der Waals surface area contributed by atoms with Crippen LogP contribution in [0.15, 0.2) is 0 Å². The number of carboxylic acids is 1. The van der Waals surface area contributed by atoms with Gasteiger partial charge in [-0.2, -0.15) is 0 Å². The molecule has 0 fully saturated rings. The van der Waals surface area contributed by atoms with Crippen molar-refractivity contribution in [2.24, 2.45) is 0 Å². The molecule has 1 unspecified atom stereocenters. The zero-order chi connectivity index (χ0) is 9.40. The van der Waals surface area contributed by atoms with Crippen LogP contribution in [0, 0.1) is 0 Å². The highest BCUT2D eigenvalue weighted by molar-refractivity contribution is 7.84. The van der Waals surface area contributed by atoms with Crippen molar-refractivity contribution in [1.29, 1.82) is 0 Å². The van der Waals surface area contributed by atoms with E-state index < -0.39 is 16.8 Å². The van der Waals surface area contributed by atoms with E-state index in [1.165, 1.54) is 0 Å². The lowest BCUT2D eigenvalue weighted by Crippen LogP contribution is -2.08. The number of carbonyl (C=O) groups is 1. The molecule has 4 nitrogen and oxygen atoms in total. The SMILES string of the molecule is COCCS(=O)CCCC(=O)O. The standard InChI is InChI=1S/C7H14O4S/c1-11-4-6-12(10)5-2-3-7(8)9/h2-6H2,1H3,(H,8,9). The molecule has 0 aromatic rings. The minimum absolute atomic E-state index is 0.0960. The molecular weight excluding hydrogens is 180 g/mol. The topological polar surface area (TPSA) is 63.6 Å². The van der Waals surface area contributed by atoms with E-state index in [0.29, 0.717) is 24.5 Å². The van der Waals surface area contributed by atoms with Gasteiger partial charge in [0.05, 0.1) is 6.61 Å². The first-order valence-corrected chi connectivity index (χ1v) is 5.21. The van der Waals surface area contributed by atoms with Gasteiger partial charge in [0.2, 0.25) is 0 Å². The van der Waals surface area contributed by atoms with Crippen molar-refractivity contribution in [3.05, 3.63) is 0 Å². The first-order chi connectivity index (χ1) is 5.66. The van der Waals surface area contributed by atoms with Crippen LogP contribution >= 0.6 is 0 Å². The van der Waals surface area contributed by atoms with Crippen LogP contribution in [0.4, 0.5) is 0 Å². The van der Waals surface area contributed by atoms with Gasteiger partial charge in [-0.05, 0) is 6.42 Å². The van der Waals surface area contributed by atoms with Gasteiger partial charge in [0.1, 0.15) is 0 Å². The van der Waals surface area contributed by atoms with Crippen molar-refractivity contribution in [2.75, 3.05) is 25.2 Å². The Morgan fingerprint density at radius 3 is 2.67 bits per heavy atom. The predicted molar refractivity (Wildman–Crippen MR) is 46.6 cm³/mol. The smallest absolute Gasteiger partial charge is 0.303 e. The molecule has 12 heavy (non-hydrogen) atoms. The summed E-state index contributed by atoms with van der Waals surface area (Å²) in [4.78, 5) is 10.1. The first kappa shape index (κ1) is 11.6. The third kappa shape index (κ3) is 7.68. The van der Waals surface area contributed by atoms with Crippen molar-refractivity contribution < 1.29 is 18.8 Å². The van der Waals surface area contributed by atoms with Crippen LogP contribution in [-0.4, -0.2) is 40.5 Å². The normalized spacial score (nSPS) is 12.8. The summed E-state index contributed by atoms with van der Waals surface area (Å²) in [5, 5.41) is 8.28. The lowest BCUT2D eigenvalue weighted by Gasteiger charge is -1.99. The first-order valence-electron chi connectivity index (χ1n) is 3.72. The zero-order valence-electron chi connectivity index (χ0n) is 7.12. The van der Waals surface area contributed by atoms with E-state index in [4.69, 9.17) is 9.84 Å². The van der Waals surface area contributed by atoms with Gasteiger partial charge < -0.3 is 9.84 Å². The molecule has 0 saturated carbocycles. The number of hydrogen-bond acceptors (Lipinski definition) is 3. The Hall–Kier alpha value is -0.420. The Labute approximate surface area is 74.4 Å². The lowest BCUT2D eigenvalue weighted by atomic mass is 10.3. The van der Waals surface area contributed by atoms with E-state index in [1.54, 1.807) is 7.11 Å². The average molecular weight is 194 g/mol. The Morgan fingerprint density at radius 2 is 2.17 bits per heavy atom. The summed E-state index contributed by atoms with van der Waals surface area (Å²) in [6, 6.07) is 0. The monoisotopic (exact) mass is 194 g/mol. The van der Waals surface area contributed by atoms with E-state index in [0.717, 1.165) is 0 Å². The van der Waals surface area contributed by atoms with E-state index in [-0.39, 0.29) is 6.42 Å². The maximum absolute atomic E-state index is 11.0. The molecule has 72 valence electrons. The minimum atomic E-state index is -0.925. The third-order valence-electron chi connectivity index (χ3n) is 1.28. The maximum atomic E-state index is 11.0. The molecule has 0 aliphatic carbocycles. The number of aliphatic carboxylic acids is 1. The van der Waals surface area contributed by atoms with Crippen LogP contribution in [-0.2, 0) is 20.3 Å². The summed E-state index contributed by atoms with van der Waals surface area (Å²) in [6.45, 7) is 0.472. The molecule has 0 rings (SSSR count). The summed E-state index contributed by atoms with van der Waals surface area (Å²) in [6.07, 6.45) is 0.574. The fourth-order valence-electron chi connectivity index (χ4n) is 0.663. The Balaban J connectivity index is 3.25. The van der Waals surface area contributed by atoms with Gasteiger partial charge >= 0.3 is 5.97 Å². The Bertz CT molecular complexity index is 157. The maximum Gasteiger partial charge on any atom is 0.303 e. The molecule has 0 aromatic carbocycles. The van der Waals surface area contributed by atoms with E-state index in [2.05, 4.69) is 0 Å². The summed E-state index contributed by atoms with van der Waals surface area (Å²) < 4.78 is 15.8. The minimum Gasteiger partial charge on any atom is -0.481 e. The number of methoxy groups -OCH3 is 1. The molecule has 0 saturated heterocycles. The van der Waals surface area contributed by atoms with Gasteiger partial charge in [-0.15, -0.1) is 0 Å². The van der Waals surface area contributed by atoms with Crippen molar-refractivity contribution in [1.82, 2.24) is 0 Å². The molecule has 0 radical (unpaired) electrons. The van der Waals surface area contributed by atoms with Gasteiger partial charge in [-0.3, -0.25) is 9.00 Å². The molecule has 1 N–H and O–H groups in total. The van der Waals surface area contributed by atoms with Gasteiger partial charge in [-0.1, -0.05) is 0 Å². The molecule has 0 spiro atoms. The third-order valence-corrected chi connectivity index (χ3v) is 2.64. The van der Waals surface area contributed by atoms with Crippen LogP contribution in [0.1, 0.15) is 12.8 Å². The summed E-state index contributed by atoms with van der Waals surface area (Å²) in [7, 11) is 0.625. The predicted octanol–water partition coefficient (Wildman–Crippen LogP) is 0.246. The van der Waals surface area contributed by atoms with Crippen LogP contribution in [0.3, 0.4) is 0 Å². The highest BCUT2D eigenvalue weighted by Crippen LogP contribution is 1.93. The van der Waals surface area contributed by atoms with E-state index >= 15 is 0 Å². The molecule has 0 aliphatic rings.